The van der Waals surface area contributed by atoms with E-state index in [9.17, 15) is 12.8 Å². The van der Waals surface area contributed by atoms with Crippen molar-refractivity contribution in [3.63, 3.8) is 0 Å². The fourth-order valence-corrected chi connectivity index (χ4v) is 3.59. The molecule has 0 unspecified atom stereocenters. The van der Waals surface area contributed by atoms with Gasteiger partial charge in [-0.1, -0.05) is 6.07 Å². The summed E-state index contributed by atoms with van der Waals surface area (Å²) in [7, 11) is -3.97. The number of hydrogen-bond donors (Lipinski definition) is 2. The van der Waals surface area contributed by atoms with Crippen LogP contribution in [0.5, 0.6) is 0 Å². The topological polar surface area (TPSA) is 79.3 Å². The summed E-state index contributed by atoms with van der Waals surface area (Å²) < 4.78 is 40.4. The van der Waals surface area contributed by atoms with Crippen molar-refractivity contribution < 1.29 is 17.9 Å². The predicted octanol–water partition coefficient (Wildman–Crippen LogP) is 2.28. The highest BCUT2D eigenvalue weighted by atomic mass is 79.9. The summed E-state index contributed by atoms with van der Waals surface area (Å²) in [5, 5.41) is 9.05. The largest absolute Gasteiger partial charge is 0.392 e. The smallest absolute Gasteiger partial charge is 0.263 e. The Morgan fingerprint density at radius 3 is 2.75 bits per heavy atom. The summed E-state index contributed by atoms with van der Waals surface area (Å²) in [5.41, 5.74) is 0.241. The molecule has 2 rings (SSSR count). The molecule has 8 heteroatoms. The fourth-order valence-electron chi connectivity index (χ4n) is 1.51. The lowest BCUT2D eigenvalue weighted by molar-refractivity contribution is 0.281. The van der Waals surface area contributed by atoms with E-state index in [1.54, 1.807) is 6.07 Å². The first-order chi connectivity index (χ1) is 9.44. The molecule has 0 spiro atoms. The zero-order valence-electron chi connectivity index (χ0n) is 10.0. The molecule has 0 saturated heterocycles. The fraction of sp³-hybridized carbons (Fsp3) is 0.0833. The normalized spacial score (nSPS) is 11.3. The molecule has 20 heavy (non-hydrogen) atoms. The molecule has 0 bridgehead atoms. The summed E-state index contributed by atoms with van der Waals surface area (Å²) in [6, 6.07) is 5.61. The van der Waals surface area contributed by atoms with Crippen LogP contribution in [0.25, 0.3) is 0 Å². The van der Waals surface area contributed by atoms with E-state index in [4.69, 9.17) is 5.11 Å². The minimum Gasteiger partial charge on any atom is -0.392 e. The Morgan fingerprint density at radius 1 is 1.35 bits per heavy atom. The van der Waals surface area contributed by atoms with Crippen LogP contribution in [0.2, 0.25) is 0 Å². The Kier molecular flexibility index (Phi) is 4.36. The number of rotatable bonds is 4. The van der Waals surface area contributed by atoms with E-state index in [0.29, 0.717) is 10.0 Å². The van der Waals surface area contributed by atoms with Gasteiger partial charge >= 0.3 is 0 Å². The van der Waals surface area contributed by atoms with Gasteiger partial charge in [0.05, 0.1) is 18.5 Å². The monoisotopic (exact) mass is 360 g/mol. The molecule has 0 atom stereocenters. The van der Waals surface area contributed by atoms with Gasteiger partial charge in [0.25, 0.3) is 10.0 Å². The van der Waals surface area contributed by atoms with E-state index in [2.05, 4.69) is 25.6 Å². The van der Waals surface area contributed by atoms with Gasteiger partial charge < -0.3 is 5.11 Å². The van der Waals surface area contributed by atoms with Crippen LogP contribution in [0.15, 0.2) is 46.0 Å². The first-order valence-corrected chi connectivity index (χ1v) is 7.73. The molecule has 0 radical (unpaired) electrons. The molecule has 0 saturated carbocycles. The van der Waals surface area contributed by atoms with Crippen LogP contribution in [0.3, 0.4) is 0 Å². The van der Waals surface area contributed by atoms with Gasteiger partial charge in [0.2, 0.25) is 0 Å². The number of sulfonamides is 1. The molecule has 0 aliphatic carbocycles. The van der Waals surface area contributed by atoms with Crippen molar-refractivity contribution in [1.29, 1.82) is 0 Å². The summed E-state index contributed by atoms with van der Waals surface area (Å²) in [5.74, 6) is -0.773. The number of nitrogens with zero attached hydrogens (tertiary/aromatic N) is 1. The van der Waals surface area contributed by atoms with Gasteiger partial charge in [0.1, 0.15) is 4.90 Å². The molecule has 0 fully saturated rings. The third-order valence-corrected chi connectivity index (χ3v) is 4.84. The van der Waals surface area contributed by atoms with Crippen LogP contribution in [0, 0.1) is 5.82 Å². The molecule has 5 nitrogen and oxygen atoms in total. The molecule has 0 aliphatic rings. The van der Waals surface area contributed by atoms with E-state index in [1.165, 1.54) is 24.4 Å². The molecule has 1 heterocycles. The van der Waals surface area contributed by atoms with Crippen molar-refractivity contribution in [2.75, 3.05) is 4.72 Å². The third-order valence-electron chi connectivity index (χ3n) is 2.48. The maximum Gasteiger partial charge on any atom is 0.263 e. The molecular weight excluding hydrogens is 351 g/mol. The highest BCUT2D eigenvalue weighted by molar-refractivity contribution is 9.10. The highest BCUT2D eigenvalue weighted by Crippen LogP contribution is 2.26. The number of pyridine rings is 1. The van der Waals surface area contributed by atoms with Crippen molar-refractivity contribution >= 4 is 31.6 Å². The van der Waals surface area contributed by atoms with E-state index in [-0.39, 0.29) is 17.2 Å². The van der Waals surface area contributed by atoms with Crippen LogP contribution < -0.4 is 4.72 Å². The standard InChI is InChI=1S/C12H10BrFN2O3S/c13-9-2-1-8(7-17)5-12(9)20(18,19)16-11-3-4-15-6-10(11)14/h1-6,17H,7H2,(H,15,16). The zero-order chi connectivity index (χ0) is 14.8. The average Bonchev–Trinajstić information content (AvgIpc) is 2.41. The van der Waals surface area contributed by atoms with Crippen LogP contribution >= 0.6 is 15.9 Å². The number of aliphatic hydroxyl groups excluding tert-OH is 1. The molecule has 0 aliphatic heterocycles. The van der Waals surface area contributed by atoms with Crippen molar-refractivity contribution in [2.45, 2.75) is 11.5 Å². The third kappa shape index (κ3) is 3.14. The number of hydrogen-bond acceptors (Lipinski definition) is 4. The quantitative estimate of drug-likeness (QED) is 0.876. The second-order valence-corrected chi connectivity index (χ2v) is 6.39. The highest BCUT2D eigenvalue weighted by Gasteiger charge is 2.19. The maximum absolute atomic E-state index is 13.4. The van der Waals surface area contributed by atoms with Gasteiger partial charge in [-0.25, -0.2) is 12.8 Å². The van der Waals surface area contributed by atoms with Gasteiger partial charge in [0.15, 0.2) is 5.82 Å². The Labute approximate surface area is 123 Å². The first kappa shape index (κ1) is 14.9. The molecule has 1 aromatic carbocycles. The van der Waals surface area contributed by atoms with Gasteiger partial charge in [-0.2, -0.15) is 0 Å². The van der Waals surface area contributed by atoms with E-state index >= 15 is 0 Å². The van der Waals surface area contributed by atoms with Crippen molar-refractivity contribution in [3.05, 3.63) is 52.5 Å². The Hall–Kier alpha value is -1.51. The summed E-state index contributed by atoms with van der Waals surface area (Å²) in [6.07, 6.45) is 2.19. The Morgan fingerprint density at radius 2 is 2.10 bits per heavy atom. The summed E-state index contributed by atoms with van der Waals surface area (Å²) in [6.45, 7) is -0.292. The number of anilines is 1. The lowest BCUT2D eigenvalue weighted by Gasteiger charge is -2.11. The van der Waals surface area contributed by atoms with Crippen LogP contribution in [-0.4, -0.2) is 18.5 Å². The average molecular weight is 361 g/mol. The molecule has 106 valence electrons. The molecule has 2 N–H and O–H groups in total. The number of aromatic nitrogens is 1. The second kappa shape index (κ2) is 5.86. The summed E-state index contributed by atoms with van der Waals surface area (Å²) in [4.78, 5) is 3.46. The molecule has 1 aromatic heterocycles. The molecule has 2 aromatic rings. The lowest BCUT2D eigenvalue weighted by Crippen LogP contribution is -2.15. The van der Waals surface area contributed by atoms with Gasteiger partial charge in [0, 0.05) is 10.7 Å². The minimum absolute atomic E-state index is 0.0831. The second-order valence-electron chi connectivity index (χ2n) is 3.88. The number of aliphatic hydroxyl groups is 1. The van der Waals surface area contributed by atoms with Gasteiger partial charge in [-0.3, -0.25) is 9.71 Å². The van der Waals surface area contributed by atoms with E-state index in [0.717, 1.165) is 6.20 Å². The predicted molar refractivity (Wildman–Crippen MR) is 75.1 cm³/mol. The maximum atomic E-state index is 13.4. The molecule has 0 amide bonds. The SMILES string of the molecule is O=S(=O)(Nc1ccncc1F)c1cc(CO)ccc1Br. The summed E-state index contributed by atoms with van der Waals surface area (Å²) >= 11 is 3.12. The van der Waals surface area contributed by atoms with Crippen molar-refractivity contribution in [3.8, 4) is 0 Å². The van der Waals surface area contributed by atoms with E-state index < -0.39 is 15.8 Å². The Balaban J connectivity index is 2.43. The lowest BCUT2D eigenvalue weighted by atomic mass is 10.2. The van der Waals surface area contributed by atoms with Crippen LogP contribution in [-0.2, 0) is 16.6 Å². The minimum atomic E-state index is -3.97. The zero-order valence-corrected chi connectivity index (χ0v) is 12.4. The molecular formula is C12H10BrFN2O3S. The van der Waals surface area contributed by atoms with Crippen molar-refractivity contribution in [1.82, 2.24) is 4.98 Å². The first-order valence-electron chi connectivity index (χ1n) is 5.45. The number of halogens is 2. The van der Waals surface area contributed by atoms with Crippen LogP contribution in [0.1, 0.15) is 5.56 Å². The van der Waals surface area contributed by atoms with Gasteiger partial charge in [-0.15, -0.1) is 0 Å². The van der Waals surface area contributed by atoms with Crippen molar-refractivity contribution in [2.24, 2.45) is 0 Å². The van der Waals surface area contributed by atoms with Gasteiger partial charge in [-0.05, 0) is 39.7 Å². The van der Waals surface area contributed by atoms with Crippen LogP contribution in [0.4, 0.5) is 10.1 Å². The van der Waals surface area contributed by atoms with E-state index in [1.807, 2.05) is 0 Å². The number of benzene rings is 1. The number of nitrogens with one attached hydrogen (secondary N) is 1. The Bertz CT molecular complexity index is 737.